The van der Waals surface area contributed by atoms with Crippen molar-refractivity contribution in [1.29, 1.82) is 0 Å². The Morgan fingerprint density at radius 3 is 2.56 bits per heavy atom. The SMILES string of the molecule is CCc1c(C)sc(NC(=S)NNC(=O)c2csc(C(C)C)c2)c1C(=O)OC. The lowest BCUT2D eigenvalue weighted by atomic mass is 10.1. The third-order valence-corrected chi connectivity index (χ3v) is 6.42. The average molecular weight is 426 g/mol. The summed E-state index contributed by atoms with van der Waals surface area (Å²) in [5, 5.41) is 5.58. The first-order valence-corrected chi connectivity index (χ1v) is 10.5. The number of carbonyl (C=O) groups excluding carboxylic acids is 2. The summed E-state index contributed by atoms with van der Waals surface area (Å²) in [5.74, 6) is -0.309. The van der Waals surface area contributed by atoms with Crippen LogP contribution in [0.25, 0.3) is 0 Å². The molecule has 0 bridgehead atoms. The van der Waals surface area contributed by atoms with E-state index in [2.05, 4.69) is 30.0 Å². The molecule has 0 fully saturated rings. The van der Waals surface area contributed by atoms with Gasteiger partial charge in [-0.2, -0.15) is 0 Å². The summed E-state index contributed by atoms with van der Waals surface area (Å²) in [6.07, 6.45) is 0.710. The van der Waals surface area contributed by atoms with Gasteiger partial charge in [0.1, 0.15) is 5.00 Å². The van der Waals surface area contributed by atoms with E-state index in [0.29, 0.717) is 28.5 Å². The van der Waals surface area contributed by atoms with Crippen molar-refractivity contribution in [3.63, 3.8) is 0 Å². The molecule has 0 atom stereocenters. The van der Waals surface area contributed by atoms with Crippen LogP contribution in [0.15, 0.2) is 11.4 Å². The van der Waals surface area contributed by atoms with Gasteiger partial charge in [0, 0.05) is 15.1 Å². The number of nitrogens with one attached hydrogen (secondary N) is 3. The molecule has 0 unspecified atom stereocenters. The predicted octanol–water partition coefficient (Wildman–Crippen LogP) is 4.22. The average Bonchev–Trinajstić information content (AvgIpc) is 3.23. The number of hydrazine groups is 1. The van der Waals surface area contributed by atoms with E-state index in [1.165, 1.54) is 18.4 Å². The van der Waals surface area contributed by atoms with Gasteiger partial charge in [-0.3, -0.25) is 15.6 Å². The molecule has 0 saturated carbocycles. The molecule has 1 amide bonds. The van der Waals surface area contributed by atoms with E-state index >= 15 is 0 Å². The van der Waals surface area contributed by atoms with Crippen LogP contribution in [0.2, 0.25) is 0 Å². The molecular weight excluding hydrogens is 402 g/mol. The summed E-state index contributed by atoms with van der Waals surface area (Å²) >= 11 is 8.22. The first kappa shape index (κ1) is 21.3. The number of methoxy groups -OCH3 is 1. The van der Waals surface area contributed by atoms with Crippen LogP contribution in [-0.4, -0.2) is 24.1 Å². The molecule has 2 rings (SSSR count). The molecule has 0 aliphatic rings. The summed E-state index contributed by atoms with van der Waals surface area (Å²) in [6.45, 7) is 8.09. The Bertz CT molecular complexity index is 855. The van der Waals surface area contributed by atoms with E-state index in [1.54, 1.807) is 11.3 Å². The van der Waals surface area contributed by atoms with E-state index in [9.17, 15) is 9.59 Å². The van der Waals surface area contributed by atoms with Crippen LogP contribution in [0.4, 0.5) is 5.00 Å². The van der Waals surface area contributed by atoms with Gasteiger partial charge >= 0.3 is 5.97 Å². The second-order valence-corrected chi connectivity index (χ2v) is 8.69. The third-order valence-electron chi connectivity index (χ3n) is 3.92. The lowest BCUT2D eigenvalue weighted by Gasteiger charge is -2.11. The Kier molecular flexibility index (Phi) is 7.34. The first-order chi connectivity index (χ1) is 12.8. The Hall–Kier alpha value is -1.97. The smallest absolute Gasteiger partial charge is 0.341 e. The summed E-state index contributed by atoms with van der Waals surface area (Å²) in [7, 11) is 1.35. The highest BCUT2D eigenvalue weighted by atomic mass is 32.1. The standard InChI is InChI=1S/C18H23N3O3S3/c1-6-12-10(4)27-16(14(12)17(23)24-5)19-18(25)21-20-15(22)11-7-13(9(2)3)26-8-11/h7-9H,6H2,1-5H3,(H,20,22)(H2,19,21,25). The number of ether oxygens (including phenoxy) is 1. The first-order valence-electron chi connectivity index (χ1n) is 8.44. The van der Waals surface area contributed by atoms with Gasteiger partial charge in [-0.15, -0.1) is 22.7 Å². The normalized spacial score (nSPS) is 10.6. The molecule has 27 heavy (non-hydrogen) atoms. The van der Waals surface area contributed by atoms with Gasteiger partial charge in [-0.1, -0.05) is 20.8 Å². The number of hydrogen-bond donors (Lipinski definition) is 3. The van der Waals surface area contributed by atoms with Crippen LogP contribution in [0.3, 0.4) is 0 Å². The van der Waals surface area contributed by atoms with Crippen LogP contribution < -0.4 is 16.2 Å². The van der Waals surface area contributed by atoms with Crippen LogP contribution >= 0.6 is 34.9 Å². The number of thiophene rings is 2. The summed E-state index contributed by atoms with van der Waals surface area (Å²) in [5.41, 5.74) is 7.24. The van der Waals surface area contributed by atoms with E-state index in [-0.39, 0.29) is 11.0 Å². The number of amides is 1. The fraction of sp³-hybridized carbons (Fsp3) is 0.389. The van der Waals surface area contributed by atoms with Crippen molar-refractivity contribution >= 4 is 56.9 Å². The van der Waals surface area contributed by atoms with Gasteiger partial charge in [0.2, 0.25) is 0 Å². The molecule has 9 heteroatoms. The highest BCUT2D eigenvalue weighted by Crippen LogP contribution is 2.33. The lowest BCUT2D eigenvalue weighted by molar-refractivity contribution is 0.0601. The van der Waals surface area contributed by atoms with Crippen molar-refractivity contribution in [2.45, 2.75) is 40.0 Å². The number of anilines is 1. The Morgan fingerprint density at radius 2 is 2.00 bits per heavy atom. The Labute approximate surface area is 172 Å². The molecule has 2 heterocycles. The van der Waals surface area contributed by atoms with Crippen LogP contribution in [0.5, 0.6) is 0 Å². The highest BCUT2D eigenvalue weighted by Gasteiger charge is 2.22. The van der Waals surface area contributed by atoms with Crippen LogP contribution in [0.1, 0.15) is 62.7 Å². The molecule has 2 aromatic heterocycles. The monoisotopic (exact) mass is 425 g/mol. The zero-order valence-electron chi connectivity index (χ0n) is 15.9. The van der Waals surface area contributed by atoms with Gasteiger partial charge in [0.15, 0.2) is 5.11 Å². The van der Waals surface area contributed by atoms with Crippen molar-refractivity contribution in [3.8, 4) is 0 Å². The quantitative estimate of drug-likeness (QED) is 0.378. The van der Waals surface area contributed by atoms with Gasteiger partial charge in [0.05, 0.1) is 18.2 Å². The molecule has 0 aliphatic heterocycles. The van der Waals surface area contributed by atoms with Gasteiger partial charge < -0.3 is 10.1 Å². The number of rotatable bonds is 5. The van der Waals surface area contributed by atoms with E-state index < -0.39 is 5.97 Å². The zero-order valence-corrected chi connectivity index (χ0v) is 18.3. The minimum Gasteiger partial charge on any atom is -0.465 e. The molecule has 0 aliphatic carbocycles. The van der Waals surface area contributed by atoms with Crippen molar-refractivity contribution in [3.05, 3.63) is 37.9 Å². The number of hydrogen-bond acceptors (Lipinski definition) is 6. The highest BCUT2D eigenvalue weighted by molar-refractivity contribution is 7.80. The summed E-state index contributed by atoms with van der Waals surface area (Å²) < 4.78 is 4.89. The third kappa shape index (κ3) is 5.06. The lowest BCUT2D eigenvalue weighted by Crippen LogP contribution is -2.43. The van der Waals surface area contributed by atoms with Gasteiger partial charge in [-0.25, -0.2) is 4.79 Å². The summed E-state index contributed by atoms with van der Waals surface area (Å²) in [6, 6.07) is 1.87. The maximum absolute atomic E-state index is 12.2. The maximum atomic E-state index is 12.2. The molecule has 3 N–H and O–H groups in total. The van der Waals surface area contributed by atoms with Crippen LogP contribution in [-0.2, 0) is 11.2 Å². The number of thiocarbonyl (C=S) groups is 1. The molecule has 0 saturated heterocycles. The predicted molar refractivity (Wildman–Crippen MR) is 115 cm³/mol. The maximum Gasteiger partial charge on any atom is 0.341 e. The fourth-order valence-corrected chi connectivity index (χ4v) is 4.77. The zero-order chi connectivity index (χ0) is 20.1. The largest absolute Gasteiger partial charge is 0.465 e. The number of esters is 1. The molecule has 146 valence electrons. The minimum absolute atomic E-state index is 0.191. The molecule has 0 radical (unpaired) electrons. The summed E-state index contributed by atoms with van der Waals surface area (Å²) in [4.78, 5) is 26.5. The Morgan fingerprint density at radius 1 is 1.30 bits per heavy atom. The van der Waals surface area contributed by atoms with Gasteiger partial charge in [0.25, 0.3) is 5.91 Å². The topological polar surface area (TPSA) is 79.5 Å². The Balaban J connectivity index is 2.03. The molecular formula is C18H23N3O3S3. The second-order valence-electron chi connectivity index (χ2n) is 6.11. The van der Waals surface area contributed by atoms with Gasteiger partial charge in [-0.05, 0) is 43.1 Å². The molecule has 6 nitrogen and oxygen atoms in total. The molecule has 0 spiro atoms. The number of aryl methyl sites for hydroxylation is 1. The van der Waals surface area contributed by atoms with Crippen molar-refractivity contribution in [2.75, 3.05) is 12.4 Å². The van der Waals surface area contributed by atoms with E-state index in [1.807, 2.05) is 25.3 Å². The minimum atomic E-state index is -0.412. The van der Waals surface area contributed by atoms with Crippen molar-refractivity contribution < 1.29 is 14.3 Å². The van der Waals surface area contributed by atoms with E-state index in [4.69, 9.17) is 17.0 Å². The molecule has 0 aromatic carbocycles. The van der Waals surface area contributed by atoms with Crippen molar-refractivity contribution in [1.82, 2.24) is 10.9 Å². The van der Waals surface area contributed by atoms with Crippen LogP contribution in [0, 0.1) is 6.92 Å². The molecule has 2 aromatic rings. The number of carbonyl (C=O) groups is 2. The second kappa shape index (κ2) is 9.29. The van der Waals surface area contributed by atoms with Crippen molar-refractivity contribution in [2.24, 2.45) is 0 Å². The fourth-order valence-electron chi connectivity index (χ4n) is 2.51. The van der Waals surface area contributed by atoms with E-state index in [0.717, 1.165) is 15.3 Å².